The van der Waals surface area contributed by atoms with Gasteiger partial charge in [-0.3, -0.25) is 9.59 Å². The largest absolute Gasteiger partial charge is 0.362 e. The summed E-state index contributed by atoms with van der Waals surface area (Å²) >= 11 is 0. The second-order valence-corrected chi connectivity index (χ2v) is 8.10. The van der Waals surface area contributed by atoms with Crippen LogP contribution in [0.25, 0.3) is 0 Å². The van der Waals surface area contributed by atoms with Crippen LogP contribution < -0.4 is 10.6 Å². The number of nitrogens with one attached hydrogen (secondary N) is 2. The monoisotopic (exact) mass is 405 g/mol. The number of pyridine rings is 1. The molecule has 2 aromatic rings. The molecule has 0 saturated carbocycles. The Balaban J connectivity index is 1.79. The highest BCUT2D eigenvalue weighted by atomic mass is 19.1. The van der Waals surface area contributed by atoms with E-state index in [0.717, 1.165) is 23.4 Å². The van der Waals surface area contributed by atoms with E-state index in [2.05, 4.69) is 15.6 Å². The van der Waals surface area contributed by atoms with Gasteiger partial charge in [0.25, 0.3) is 5.91 Å². The molecule has 1 aromatic carbocycles. The van der Waals surface area contributed by atoms with Crippen LogP contribution in [0.5, 0.6) is 0 Å². The van der Waals surface area contributed by atoms with Gasteiger partial charge in [0, 0.05) is 40.6 Å². The lowest BCUT2D eigenvalue weighted by Crippen LogP contribution is -2.37. The minimum atomic E-state index is -0.549. The maximum Gasteiger partial charge on any atom is 0.255 e. The summed E-state index contributed by atoms with van der Waals surface area (Å²) in [7, 11) is 0. The maximum absolute atomic E-state index is 13.6. The van der Waals surface area contributed by atoms with Crippen molar-refractivity contribution in [1.82, 2.24) is 10.3 Å². The number of aromatic nitrogens is 1. The van der Waals surface area contributed by atoms with Gasteiger partial charge in [-0.1, -0.05) is 25.1 Å². The summed E-state index contributed by atoms with van der Waals surface area (Å²) in [5.41, 5.74) is 4.11. The lowest BCUT2D eigenvalue weighted by Gasteiger charge is -2.36. The predicted octanol–water partition coefficient (Wildman–Crippen LogP) is 4.38. The molecule has 1 aromatic heterocycles. The fourth-order valence-electron chi connectivity index (χ4n) is 4.32. The number of hydrogen-bond acceptors (Lipinski definition) is 4. The van der Waals surface area contributed by atoms with Crippen LogP contribution in [-0.2, 0) is 9.59 Å². The molecule has 2 atom stereocenters. The third kappa shape index (κ3) is 3.77. The highest BCUT2D eigenvalue weighted by Crippen LogP contribution is 2.43. The van der Waals surface area contributed by atoms with Crippen LogP contribution in [-0.4, -0.2) is 16.7 Å². The number of rotatable bonds is 3. The number of benzene rings is 1. The molecule has 0 spiro atoms. The molecule has 2 heterocycles. The molecule has 5 nitrogen and oxygen atoms in total. The lowest BCUT2D eigenvalue weighted by atomic mass is 9.73. The summed E-state index contributed by atoms with van der Waals surface area (Å²) < 4.78 is 13.6. The highest BCUT2D eigenvalue weighted by Gasteiger charge is 2.39. The van der Waals surface area contributed by atoms with E-state index >= 15 is 0 Å². The van der Waals surface area contributed by atoms with Gasteiger partial charge in [0.15, 0.2) is 5.78 Å². The van der Waals surface area contributed by atoms with E-state index < -0.39 is 5.92 Å². The summed E-state index contributed by atoms with van der Waals surface area (Å²) in [6, 6.07) is 11.4. The molecule has 1 amide bonds. The average Bonchev–Trinajstić information content (AvgIpc) is 2.67. The van der Waals surface area contributed by atoms with Crippen molar-refractivity contribution in [3.63, 3.8) is 0 Å². The zero-order valence-electron chi connectivity index (χ0n) is 17.3. The van der Waals surface area contributed by atoms with Gasteiger partial charge >= 0.3 is 0 Å². The minimum Gasteiger partial charge on any atom is -0.362 e. The van der Waals surface area contributed by atoms with Crippen molar-refractivity contribution < 1.29 is 14.0 Å². The van der Waals surface area contributed by atoms with Crippen molar-refractivity contribution in [3.05, 3.63) is 82.1 Å². The molecule has 30 heavy (non-hydrogen) atoms. The molecule has 0 unspecified atom stereocenters. The minimum absolute atomic E-state index is 0.0251. The van der Waals surface area contributed by atoms with Crippen LogP contribution >= 0.6 is 0 Å². The van der Waals surface area contributed by atoms with Crippen LogP contribution in [0.1, 0.15) is 43.9 Å². The van der Waals surface area contributed by atoms with Crippen molar-refractivity contribution in [1.29, 1.82) is 0 Å². The second kappa shape index (κ2) is 7.86. The van der Waals surface area contributed by atoms with Gasteiger partial charge in [-0.2, -0.15) is 0 Å². The molecule has 2 aliphatic rings. The normalized spacial score (nSPS) is 21.3. The van der Waals surface area contributed by atoms with Gasteiger partial charge in [0.05, 0.1) is 0 Å². The molecule has 6 heteroatoms. The van der Waals surface area contributed by atoms with Crippen molar-refractivity contribution >= 4 is 17.5 Å². The number of Topliss-reactive ketones (excluding diaryl/α,β-unsaturated/α-hetero) is 1. The van der Waals surface area contributed by atoms with Crippen molar-refractivity contribution in [2.45, 2.75) is 39.5 Å². The number of aryl methyl sites for hydroxylation is 1. The summed E-state index contributed by atoms with van der Waals surface area (Å²) in [6.45, 7) is 5.73. The molecule has 0 bridgehead atoms. The molecule has 1 aliphatic carbocycles. The van der Waals surface area contributed by atoms with Gasteiger partial charge in [-0.05, 0) is 56.0 Å². The number of allylic oxidation sites excluding steroid dienone is 3. The third-order valence-corrected chi connectivity index (χ3v) is 5.61. The molecule has 0 fully saturated rings. The van der Waals surface area contributed by atoms with Crippen LogP contribution in [0.2, 0.25) is 0 Å². The standard InChI is InChI=1S/C24H24FN3O2/c1-13-11-18-23(19(29)12-13)22(16-7-9-17(25)10-8-16)21(15(3)27-18)24(30)28-20-6-4-5-14(2)26-20/h4-10,13,22,27H,11-12H2,1-3H3,(H,26,28,30)/t13-,22-/m1/s1. The highest BCUT2D eigenvalue weighted by molar-refractivity contribution is 6.09. The molecule has 0 radical (unpaired) electrons. The zero-order valence-corrected chi connectivity index (χ0v) is 17.3. The van der Waals surface area contributed by atoms with Crippen LogP contribution in [0, 0.1) is 18.7 Å². The summed E-state index contributed by atoms with van der Waals surface area (Å²) in [6.07, 6.45) is 1.18. The van der Waals surface area contributed by atoms with Crippen LogP contribution in [0.15, 0.2) is 65.0 Å². The molecular formula is C24H24FN3O2. The van der Waals surface area contributed by atoms with Crippen LogP contribution in [0.3, 0.4) is 0 Å². The average molecular weight is 405 g/mol. The molecule has 4 rings (SSSR count). The number of carbonyl (C=O) groups excluding carboxylic acids is 2. The molecular weight excluding hydrogens is 381 g/mol. The van der Waals surface area contributed by atoms with E-state index in [9.17, 15) is 14.0 Å². The number of carbonyl (C=O) groups is 2. The number of dihydropyridines is 1. The Hall–Kier alpha value is -3.28. The number of hydrogen-bond donors (Lipinski definition) is 2. The first-order chi connectivity index (χ1) is 14.3. The molecule has 154 valence electrons. The van der Waals surface area contributed by atoms with Gasteiger partial charge in [-0.25, -0.2) is 9.37 Å². The van der Waals surface area contributed by atoms with Gasteiger partial charge in [0.1, 0.15) is 11.6 Å². The van der Waals surface area contributed by atoms with E-state index in [4.69, 9.17) is 0 Å². The fraction of sp³-hybridized carbons (Fsp3) is 0.292. The summed E-state index contributed by atoms with van der Waals surface area (Å²) in [5, 5.41) is 6.16. The Morgan fingerprint density at radius 1 is 1.13 bits per heavy atom. The number of ketones is 1. The van der Waals surface area contributed by atoms with Crippen molar-refractivity contribution in [2.24, 2.45) is 5.92 Å². The zero-order chi connectivity index (χ0) is 21.4. The number of nitrogens with zero attached hydrogens (tertiary/aromatic N) is 1. The van der Waals surface area contributed by atoms with Crippen LogP contribution in [0.4, 0.5) is 10.2 Å². The van der Waals surface area contributed by atoms with Gasteiger partial charge in [0.2, 0.25) is 0 Å². The first-order valence-electron chi connectivity index (χ1n) is 10.1. The van der Waals surface area contributed by atoms with E-state index in [1.807, 2.05) is 32.9 Å². The molecule has 2 N–H and O–H groups in total. The Kier molecular flexibility index (Phi) is 5.24. The number of amides is 1. The Morgan fingerprint density at radius 3 is 2.57 bits per heavy atom. The smallest absolute Gasteiger partial charge is 0.255 e. The first kappa shape index (κ1) is 20.0. The predicted molar refractivity (Wildman–Crippen MR) is 113 cm³/mol. The van der Waals surface area contributed by atoms with E-state index in [1.165, 1.54) is 12.1 Å². The number of anilines is 1. The number of halogens is 1. The topological polar surface area (TPSA) is 71.1 Å². The Labute approximate surface area is 175 Å². The van der Waals surface area contributed by atoms with E-state index in [1.54, 1.807) is 18.2 Å². The second-order valence-electron chi connectivity index (χ2n) is 8.10. The summed E-state index contributed by atoms with van der Waals surface area (Å²) in [4.78, 5) is 30.7. The first-order valence-corrected chi connectivity index (χ1v) is 10.1. The van der Waals surface area contributed by atoms with E-state index in [0.29, 0.717) is 29.1 Å². The fourth-order valence-corrected chi connectivity index (χ4v) is 4.32. The Morgan fingerprint density at radius 2 is 1.87 bits per heavy atom. The van der Waals surface area contributed by atoms with E-state index in [-0.39, 0.29) is 23.4 Å². The van der Waals surface area contributed by atoms with Gasteiger partial charge < -0.3 is 10.6 Å². The third-order valence-electron chi connectivity index (χ3n) is 5.61. The Bertz CT molecular complexity index is 1090. The SMILES string of the molecule is CC1=C(C(=O)Nc2cccc(C)n2)[C@@H](c2ccc(F)cc2)C2=C(C[C@@H](C)CC2=O)N1. The lowest BCUT2D eigenvalue weighted by molar-refractivity contribution is -0.117. The quantitative estimate of drug-likeness (QED) is 0.795. The molecule has 0 saturated heterocycles. The van der Waals surface area contributed by atoms with Gasteiger partial charge in [-0.15, -0.1) is 0 Å². The summed E-state index contributed by atoms with van der Waals surface area (Å²) in [5.74, 6) is -0.533. The van der Waals surface area contributed by atoms with Crippen molar-refractivity contribution in [3.8, 4) is 0 Å². The van der Waals surface area contributed by atoms with Crippen molar-refractivity contribution in [2.75, 3.05) is 5.32 Å². The molecule has 1 aliphatic heterocycles. The maximum atomic E-state index is 13.6.